The fourth-order valence-electron chi connectivity index (χ4n) is 12.8. The van der Waals surface area contributed by atoms with E-state index in [1.807, 2.05) is 0 Å². The maximum absolute atomic E-state index is 2.71. The molecule has 15 rings (SSSR count). The molecule has 0 radical (unpaired) electrons. The molecule has 0 spiro atoms. The molecule has 0 saturated carbocycles. The Bertz CT molecular complexity index is 4340. The molecule has 0 saturated heterocycles. The molecule has 2 aromatic heterocycles. The van der Waals surface area contributed by atoms with E-state index < -0.39 is 0 Å². The molecule has 65 heavy (non-hydrogen) atoms. The molecule has 2 nitrogen and oxygen atoms in total. The van der Waals surface area contributed by atoms with Crippen molar-refractivity contribution in [3.8, 4) is 11.4 Å². The first kappa shape index (κ1) is 36.0. The Labute approximate surface area is 377 Å². The van der Waals surface area contributed by atoms with E-state index in [1.54, 1.807) is 0 Å². The van der Waals surface area contributed by atoms with Gasteiger partial charge in [-0.25, -0.2) is 0 Å². The molecule has 0 fully saturated rings. The van der Waals surface area contributed by atoms with Crippen molar-refractivity contribution in [1.29, 1.82) is 0 Å². The zero-order valence-corrected chi connectivity index (χ0v) is 37.6. The highest BCUT2D eigenvalue weighted by atomic mass is 15.0. The van der Waals surface area contributed by atoms with Gasteiger partial charge in [-0.05, 0) is 123 Å². The summed E-state index contributed by atoms with van der Waals surface area (Å²) >= 11 is 0. The van der Waals surface area contributed by atoms with Crippen LogP contribution < -0.4 is 16.4 Å². The lowest BCUT2D eigenvalue weighted by atomic mass is 9.34. The van der Waals surface area contributed by atoms with Crippen LogP contribution in [0, 0.1) is 0 Å². The molecular formula is C62H45BN2. The Hall–Kier alpha value is -7.36. The SMILES string of the molecule is CC(C)(C)c1ccc2c(c1)c1cc(C(C)(C)C)cc3c1n2-c1c2c(cc4c5ccccc5c5ccccc5c14)-n1c4ccc5c6ccccc6c6ccccc6c5c4c4cccc(c41)B23. The lowest BCUT2D eigenvalue weighted by molar-refractivity contribution is 0.590. The Balaban J connectivity index is 1.23. The molecule has 13 aromatic rings. The Morgan fingerprint density at radius 3 is 1.48 bits per heavy atom. The van der Waals surface area contributed by atoms with Crippen LogP contribution in [0.2, 0.25) is 0 Å². The average molecular weight is 829 g/mol. The van der Waals surface area contributed by atoms with Crippen LogP contribution in [-0.2, 0) is 10.8 Å². The van der Waals surface area contributed by atoms with Crippen molar-refractivity contribution in [2.45, 2.75) is 52.4 Å². The molecule has 2 aliphatic rings. The minimum Gasteiger partial charge on any atom is -0.310 e. The maximum atomic E-state index is 2.71. The van der Waals surface area contributed by atoms with Gasteiger partial charge in [-0.2, -0.15) is 0 Å². The maximum Gasteiger partial charge on any atom is 0.252 e. The van der Waals surface area contributed by atoms with Crippen molar-refractivity contribution in [3.05, 3.63) is 175 Å². The number of hydrogen-bond donors (Lipinski definition) is 0. The van der Waals surface area contributed by atoms with Gasteiger partial charge in [0, 0.05) is 49.0 Å². The summed E-state index contributed by atoms with van der Waals surface area (Å²) in [5, 5.41) is 21.1. The highest BCUT2D eigenvalue weighted by molar-refractivity contribution is 7.00. The van der Waals surface area contributed by atoms with Gasteiger partial charge < -0.3 is 9.13 Å². The Morgan fingerprint density at radius 2 is 0.846 bits per heavy atom. The van der Waals surface area contributed by atoms with Gasteiger partial charge in [-0.3, -0.25) is 0 Å². The normalized spacial score (nSPS) is 13.7. The third-order valence-corrected chi connectivity index (χ3v) is 15.7. The molecule has 2 aliphatic heterocycles. The quantitative estimate of drug-likeness (QED) is 0.106. The van der Waals surface area contributed by atoms with E-state index in [1.165, 1.54) is 147 Å². The lowest BCUT2D eigenvalue weighted by Crippen LogP contribution is -2.59. The number of fused-ring (bicyclic) bond motifs is 24. The summed E-state index contributed by atoms with van der Waals surface area (Å²) in [5.74, 6) is 0. The van der Waals surface area contributed by atoms with E-state index in [0.29, 0.717) is 0 Å². The minimum absolute atomic E-state index is 0.00756. The monoisotopic (exact) mass is 828 g/mol. The predicted molar refractivity (Wildman–Crippen MR) is 282 cm³/mol. The number of benzene rings is 11. The highest BCUT2D eigenvalue weighted by Gasteiger charge is 2.43. The number of hydrogen-bond acceptors (Lipinski definition) is 0. The van der Waals surface area contributed by atoms with Gasteiger partial charge >= 0.3 is 0 Å². The van der Waals surface area contributed by atoms with Gasteiger partial charge in [0.05, 0.1) is 16.7 Å². The van der Waals surface area contributed by atoms with Gasteiger partial charge in [0.25, 0.3) is 6.71 Å². The van der Waals surface area contributed by atoms with E-state index in [4.69, 9.17) is 0 Å². The smallest absolute Gasteiger partial charge is 0.252 e. The van der Waals surface area contributed by atoms with Crippen molar-refractivity contribution in [3.63, 3.8) is 0 Å². The molecule has 0 N–H and O–H groups in total. The molecular weight excluding hydrogens is 784 g/mol. The van der Waals surface area contributed by atoms with Gasteiger partial charge in [0.2, 0.25) is 0 Å². The second-order valence-electron chi connectivity index (χ2n) is 21.2. The van der Waals surface area contributed by atoms with Crippen LogP contribution in [0.25, 0.3) is 120 Å². The summed E-state index contributed by atoms with van der Waals surface area (Å²) in [6.45, 7) is 14.2. The summed E-state index contributed by atoms with van der Waals surface area (Å²) in [6, 6.07) is 63.5. The van der Waals surface area contributed by atoms with Crippen molar-refractivity contribution < 1.29 is 0 Å². The fourth-order valence-corrected chi connectivity index (χ4v) is 12.8. The molecule has 0 bridgehead atoms. The van der Waals surface area contributed by atoms with E-state index in [9.17, 15) is 0 Å². The van der Waals surface area contributed by atoms with Crippen molar-refractivity contribution >= 4 is 131 Å². The van der Waals surface area contributed by atoms with E-state index >= 15 is 0 Å². The number of aromatic nitrogens is 2. The van der Waals surface area contributed by atoms with Crippen LogP contribution >= 0.6 is 0 Å². The number of nitrogens with zero attached hydrogens (tertiary/aromatic N) is 2. The molecule has 306 valence electrons. The second kappa shape index (κ2) is 11.9. The molecule has 3 heteroatoms. The lowest BCUT2D eigenvalue weighted by Gasteiger charge is -2.36. The third-order valence-electron chi connectivity index (χ3n) is 15.7. The molecule has 0 aliphatic carbocycles. The topological polar surface area (TPSA) is 9.86 Å². The largest absolute Gasteiger partial charge is 0.310 e. The predicted octanol–water partition coefficient (Wildman–Crippen LogP) is 14.5. The first-order chi connectivity index (χ1) is 31.6. The van der Waals surface area contributed by atoms with Gasteiger partial charge in [0.1, 0.15) is 0 Å². The van der Waals surface area contributed by atoms with Gasteiger partial charge in [-0.15, -0.1) is 0 Å². The molecule has 0 unspecified atom stereocenters. The summed E-state index contributed by atoms with van der Waals surface area (Å²) < 4.78 is 5.39. The number of rotatable bonds is 0. The van der Waals surface area contributed by atoms with E-state index in [2.05, 4.69) is 214 Å². The summed E-state index contributed by atoms with van der Waals surface area (Å²) in [7, 11) is 0. The first-order valence-electron chi connectivity index (χ1n) is 23.4. The summed E-state index contributed by atoms with van der Waals surface area (Å²) in [5.41, 5.74) is 14.7. The van der Waals surface area contributed by atoms with Crippen molar-refractivity contribution in [1.82, 2.24) is 9.13 Å². The first-order valence-corrected chi connectivity index (χ1v) is 23.4. The number of para-hydroxylation sites is 1. The third kappa shape index (κ3) is 4.37. The fraction of sp³-hybridized carbons (Fsp3) is 0.129. The van der Waals surface area contributed by atoms with Gasteiger partial charge in [-0.1, -0.05) is 175 Å². The second-order valence-corrected chi connectivity index (χ2v) is 21.2. The minimum atomic E-state index is -0.0549. The zero-order valence-electron chi connectivity index (χ0n) is 37.6. The van der Waals surface area contributed by atoms with Crippen molar-refractivity contribution in [2.75, 3.05) is 0 Å². The van der Waals surface area contributed by atoms with Crippen LogP contribution in [-0.4, -0.2) is 15.8 Å². The molecule has 0 atom stereocenters. The zero-order chi connectivity index (χ0) is 43.4. The van der Waals surface area contributed by atoms with Crippen molar-refractivity contribution in [2.24, 2.45) is 0 Å². The molecule has 4 heterocycles. The van der Waals surface area contributed by atoms with Crippen LogP contribution in [0.5, 0.6) is 0 Å². The molecule has 11 aromatic carbocycles. The average Bonchev–Trinajstić information content (AvgIpc) is 3.84. The van der Waals surface area contributed by atoms with Crippen LogP contribution in [0.4, 0.5) is 0 Å². The van der Waals surface area contributed by atoms with Crippen LogP contribution in [0.1, 0.15) is 52.7 Å². The standard InChI is InChI=1S/C62H45BN2/c1-61(2,3)34-26-28-51-46(30-34)48-31-35(62(4,5)6)32-50-59(48)65(51)60-55-43-23-14-12-19-39(43)37-17-8-10-21-41(37)47(55)33-53-57(60)63(50)49-25-15-24-45-56-52(64(53)58(45)49)29-27-44-40-20-9-7-16-36(40)38-18-11-13-22-42(38)54(44)56/h7-33H,1-6H3. The van der Waals surface area contributed by atoms with Crippen LogP contribution in [0.3, 0.4) is 0 Å². The van der Waals surface area contributed by atoms with E-state index in [-0.39, 0.29) is 17.5 Å². The summed E-state index contributed by atoms with van der Waals surface area (Å²) in [6.07, 6.45) is 0. The van der Waals surface area contributed by atoms with Crippen LogP contribution in [0.15, 0.2) is 164 Å². The Morgan fingerprint density at radius 1 is 0.338 bits per heavy atom. The highest BCUT2D eigenvalue weighted by Crippen LogP contribution is 2.48. The van der Waals surface area contributed by atoms with E-state index in [0.717, 1.165) is 0 Å². The molecule has 0 amide bonds. The Kier molecular flexibility index (Phi) is 6.57. The summed E-state index contributed by atoms with van der Waals surface area (Å²) in [4.78, 5) is 0. The van der Waals surface area contributed by atoms with Gasteiger partial charge in [0.15, 0.2) is 0 Å².